The molecule has 1 aliphatic rings. The summed E-state index contributed by atoms with van der Waals surface area (Å²) in [4.78, 5) is 0. The van der Waals surface area contributed by atoms with Crippen LogP contribution in [0.1, 0.15) is 5.56 Å². The van der Waals surface area contributed by atoms with Gasteiger partial charge in [0.05, 0.1) is 0 Å². The van der Waals surface area contributed by atoms with Crippen LogP contribution in [0.4, 0.5) is 0 Å². The van der Waals surface area contributed by atoms with Gasteiger partial charge in [-0.1, -0.05) is 36.4 Å². The molecule has 0 aromatic heterocycles. The summed E-state index contributed by atoms with van der Waals surface area (Å²) in [5.41, 5.74) is 1.14. The molecule has 0 bridgehead atoms. The van der Waals surface area contributed by atoms with Crippen LogP contribution in [0.15, 0.2) is 42.5 Å². The van der Waals surface area contributed by atoms with E-state index in [0.717, 1.165) is 11.3 Å². The molecule has 1 heterocycles. The molecule has 1 heteroatoms. The molecule has 3 rings (SSSR count). The number of benzene rings is 2. The van der Waals surface area contributed by atoms with Gasteiger partial charge in [-0.25, -0.2) is 0 Å². The maximum Gasteiger partial charge on any atom is 0.222 e. The zero-order chi connectivity index (χ0) is 9.38. The van der Waals surface area contributed by atoms with Gasteiger partial charge in [-0.2, -0.15) is 0 Å². The zero-order valence-electron chi connectivity index (χ0n) is 7.53. The van der Waals surface area contributed by atoms with Crippen molar-refractivity contribution in [1.82, 2.24) is 0 Å². The summed E-state index contributed by atoms with van der Waals surface area (Å²) >= 11 is 0. The fraction of sp³-hybridized carbons (Fsp3) is 0. The Morgan fingerprint density at radius 3 is 2.93 bits per heavy atom. The number of ether oxygens (including phenoxy) is 1. The molecule has 2 aromatic carbocycles. The van der Waals surface area contributed by atoms with Crippen LogP contribution in [-0.4, -0.2) is 0 Å². The highest BCUT2D eigenvalue weighted by Crippen LogP contribution is 2.31. The lowest BCUT2D eigenvalue weighted by atomic mass is 10.0. The number of rotatable bonds is 0. The second-order valence-corrected chi connectivity index (χ2v) is 3.25. The topological polar surface area (TPSA) is 9.23 Å². The van der Waals surface area contributed by atoms with Crippen molar-refractivity contribution in [2.45, 2.75) is 0 Å². The molecule has 0 saturated heterocycles. The first-order valence-corrected chi connectivity index (χ1v) is 4.56. The Labute approximate surface area is 82.6 Å². The molecule has 1 nitrogen and oxygen atoms in total. The zero-order valence-corrected chi connectivity index (χ0v) is 7.53. The molecule has 2 aromatic rings. The smallest absolute Gasteiger partial charge is 0.222 e. The van der Waals surface area contributed by atoms with Crippen molar-refractivity contribution in [2.24, 2.45) is 0 Å². The average Bonchev–Trinajstić information content (AvgIpc) is 2.29. The average molecular weight is 180 g/mol. The Morgan fingerprint density at radius 2 is 1.93 bits per heavy atom. The Balaban J connectivity index is 2.42. The second kappa shape index (κ2) is 2.88. The highest BCUT2D eigenvalue weighted by Gasteiger charge is 2.08. The van der Waals surface area contributed by atoms with E-state index in [0.29, 0.717) is 0 Å². The van der Waals surface area contributed by atoms with Crippen molar-refractivity contribution >= 4 is 16.8 Å². The van der Waals surface area contributed by atoms with E-state index in [1.165, 1.54) is 10.8 Å². The maximum absolute atomic E-state index is 5.29. The summed E-state index contributed by atoms with van der Waals surface area (Å²) < 4.78 is 5.29. The SMILES string of the molecule is [C]1C=Cc2c(ccc3ccccc23)O1. The third-order valence-corrected chi connectivity index (χ3v) is 2.42. The van der Waals surface area contributed by atoms with Crippen LogP contribution >= 0.6 is 0 Å². The predicted molar refractivity (Wildman–Crippen MR) is 56.9 cm³/mol. The van der Waals surface area contributed by atoms with Crippen LogP contribution in [0.5, 0.6) is 5.75 Å². The Morgan fingerprint density at radius 1 is 1.00 bits per heavy atom. The molecule has 14 heavy (non-hydrogen) atoms. The summed E-state index contributed by atoms with van der Waals surface area (Å²) in [6, 6.07) is 12.3. The van der Waals surface area contributed by atoms with Crippen molar-refractivity contribution in [3.63, 3.8) is 0 Å². The van der Waals surface area contributed by atoms with Crippen molar-refractivity contribution in [1.29, 1.82) is 0 Å². The molecule has 0 unspecified atom stereocenters. The molecular weight excluding hydrogens is 172 g/mol. The van der Waals surface area contributed by atoms with Crippen LogP contribution in [0.3, 0.4) is 0 Å². The molecule has 0 amide bonds. The van der Waals surface area contributed by atoms with Gasteiger partial charge >= 0.3 is 0 Å². The third kappa shape index (κ3) is 1.02. The summed E-state index contributed by atoms with van der Waals surface area (Å²) in [7, 11) is 0. The van der Waals surface area contributed by atoms with Gasteiger partial charge in [-0.3, -0.25) is 0 Å². The molecule has 0 fully saturated rings. The van der Waals surface area contributed by atoms with E-state index >= 15 is 0 Å². The lowest BCUT2D eigenvalue weighted by Crippen LogP contribution is -1.95. The van der Waals surface area contributed by atoms with Crippen molar-refractivity contribution < 1.29 is 4.74 Å². The Bertz CT molecular complexity index is 512. The fourth-order valence-corrected chi connectivity index (χ4v) is 1.75. The fourth-order valence-electron chi connectivity index (χ4n) is 1.75. The minimum atomic E-state index is 0.881. The minimum Gasteiger partial charge on any atom is -0.473 e. The molecule has 0 N–H and O–H groups in total. The van der Waals surface area contributed by atoms with E-state index in [-0.39, 0.29) is 0 Å². The molecule has 0 aliphatic carbocycles. The van der Waals surface area contributed by atoms with Gasteiger partial charge in [0.1, 0.15) is 5.75 Å². The maximum atomic E-state index is 5.29. The number of hydrogen-bond donors (Lipinski definition) is 0. The second-order valence-electron chi connectivity index (χ2n) is 3.25. The van der Waals surface area contributed by atoms with E-state index in [1.807, 2.05) is 24.3 Å². The molecule has 0 atom stereocenters. The lowest BCUT2D eigenvalue weighted by Gasteiger charge is -2.12. The van der Waals surface area contributed by atoms with Gasteiger partial charge in [0, 0.05) is 5.56 Å². The predicted octanol–water partition coefficient (Wildman–Crippen LogP) is 3.28. The summed E-state index contributed by atoms with van der Waals surface area (Å²) in [5.74, 6) is 0.881. The quantitative estimate of drug-likeness (QED) is 0.604. The largest absolute Gasteiger partial charge is 0.473 e. The van der Waals surface area contributed by atoms with Crippen LogP contribution in [0, 0.1) is 6.61 Å². The van der Waals surface area contributed by atoms with Crippen molar-refractivity contribution in [3.8, 4) is 5.75 Å². The number of fused-ring (bicyclic) bond motifs is 3. The molecule has 2 radical (unpaired) electrons. The Hall–Kier alpha value is -1.76. The monoisotopic (exact) mass is 180 g/mol. The first-order valence-electron chi connectivity index (χ1n) is 4.56. The Kier molecular flexibility index (Phi) is 1.57. The summed E-state index contributed by atoms with van der Waals surface area (Å²) in [6.07, 6.45) is 3.83. The van der Waals surface area contributed by atoms with Crippen LogP contribution in [0.25, 0.3) is 16.8 Å². The highest BCUT2D eigenvalue weighted by atomic mass is 16.5. The van der Waals surface area contributed by atoms with Crippen molar-refractivity contribution in [2.75, 3.05) is 0 Å². The van der Waals surface area contributed by atoms with Crippen LogP contribution < -0.4 is 4.74 Å². The summed E-state index contributed by atoms with van der Waals surface area (Å²) in [6.45, 7) is 2.73. The van der Waals surface area contributed by atoms with Gasteiger partial charge in [-0.15, -0.1) is 0 Å². The molecular formula is C13H8O. The standard InChI is InChI=1S/C13H8O/c1-2-5-11-10(4-1)7-8-13-12(11)6-3-9-14-13/h1-8H. The van der Waals surface area contributed by atoms with Crippen molar-refractivity contribution in [3.05, 3.63) is 54.6 Å². The van der Waals surface area contributed by atoms with Gasteiger partial charge in [0.25, 0.3) is 0 Å². The molecule has 0 saturated carbocycles. The van der Waals surface area contributed by atoms with Gasteiger partial charge in [0.2, 0.25) is 6.61 Å². The first-order chi connectivity index (χ1) is 6.95. The van der Waals surface area contributed by atoms with Gasteiger partial charge in [0.15, 0.2) is 0 Å². The van der Waals surface area contributed by atoms with Gasteiger partial charge < -0.3 is 4.74 Å². The van der Waals surface area contributed by atoms with Crippen LogP contribution in [0.2, 0.25) is 0 Å². The molecule has 0 spiro atoms. The van der Waals surface area contributed by atoms with E-state index in [2.05, 4.69) is 24.8 Å². The van der Waals surface area contributed by atoms with E-state index in [9.17, 15) is 0 Å². The highest BCUT2D eigenvalue weighted by molar-refractivity contribution is 5.93. The van der Waals surface area contributed by atoms with E-state index in [1.54, 1.807) is 6.08 Å². The summed E-state index contributed by atoms with van der Waals surface area (Å²) in [5, 5.41) is 2.46. The number of hydrogen-bond acceptors (Lipinski definition) is 1. The van der Waals surface area contributed by atoms with E-state index < -0.39 is 0 Å². The van der Waals surface area contributed by atoms with Crippen LogP contribution in [-0.2, 0) is 0 Å². The van der Waals surface area contributed by atoms with Gasteiger partial charge in [-0.05, 0) is 22.9 Å². The minimum absolute atomic E-state index is 0.881. The first kappa shape index (κ1) is 7.63. The lowest BCUT2D eigenvalue weighted by molar-refractivity contribution is 0.430. The molecule has 1 aliphatic heterocycles. The van der Waals surface area contributed by atoms with E-state index in [4.69, 9.17) is 4.74 Å². The molecule has 66 valence electrons. The third-order valence-electron chi connectivity index (χ3n) is 2.42. The normalized spacial score (nSPS) is 13.7.